The minimum absolute atomic E-state index is 0.213. The highest BCUT2D eigenvalue weighted by molar-refractivity contribution is 7.80. The number of hydrogen-bond donors (Lipinski definition) is 1. The number of thiocarbonyl (C=S) groups is 1. The van der Waals surface area contributed by atoms with Gasteiger partial charge in [0.2, 0.25) is 0 Å². The SMILES string of the molecule is CN(Cc1cccc(F)c1)C(=S)NCCCN1CCOCC1. The number of morpholine rings is 1. The van der Waals surface area contributed by atoms with E-state index in [2.05, 4.69) is 10.2 Å². The molecule has 1 aromatic carbocycles. The Morgan fingerprint density at radius 1 is 1.41 bits per heavy atom. The monoisotopic (exact) mass is 325 g/mol. The first-order valence-corrected chi connectivity index (χ1v) is 8.09. The van der Waals surface area contributed by atoms with Gasteiger partial charge in [0.05, 0.1) is 13.2 Å². The molecule has 0 radical (unpaired) electrons. The third-order valence-electron chi connectivity index (χ3n) is 3.69. The van der Waals surface area contributed by atoms with Crippen LogP contribution in [0.5, 0.6) is 0 Å². The summed E-state index contributed by atoms with van der Waals surface area (Å²) in [6.07, 6.45) is 1.05. The van der Waals surface area contributed by atoms with Crippen molar-refractivity contribution < 1.29 is 9.13 Å². The van der Waals surface area contributed by atoms with Crippen molar-refractivity contribution in [1.82, 2.24) is 15.1 Å². The van der Waals surface area contributed by atoms with E-state index in [0.717, 1.165) is 51.4 Å². The van der Waals surface area contributed by atoms with Gasteiger partial charge in [-0.05, 0) is 42.9 Å². The molecule has 1 fully saturated rings. The molecule has 1 heterocycles. The zero-order valence-corrected chi connectivity index (χ0v) is 13.9. The number of nitrogens with zero attached hydrogens (tertiary/aromatic N) is 2. The molecule has 0 atom stereocenters. The molecule has 2 rings (SSSR count). The molecule has 0 aromatic heterocycles. The molecule has 0 aliphatic carbocycles. The first-order chi connectivity index (χ1) is 10.6. The maximum Gasteiger partial charge on any atom is 0.168 e. The van der Waals surface area contributed by atoms with Crippen LogP contribution in [0.1, 0.15) is 12.0 Å². The predicted molar refractivity (Wildman–Crippen MR) is 90.3 cm³/mol. The molecule has 0 bridgehead atoms. The van der Waals surface area contributed by atoms with Crippen LogP contribution in [0.3, 0.4) is 0 Å². The Morgan fingerprint density at radius 3 is 2.91 bits per heavy atom. The zero-order chi connectivity index (χ0) is 15.8. The molecule has 1 N–H and O–H groups in total. The van der Waals surface area contributed by atoms with E-state index >= 15 is 0 Å². The summed E-state index contributed by atoms with van der Waals surface area (Å²) in [5.74, 6) is -0.213. The number of hydrogen-bond acceptors (Lipinski definition) is 3. The summed E-state index contributed by atoms with van der Waals surface area (Å²) >= 11 is 5.37. The lowest BCUT2D eigenvalue weighted by Crippen LogP contribution is -2.40. The molecule has 0 saturated carbocycles. The van der Waals surface area contributed by atoms with Gasteiger partial charge in [0, 0.05) is 33.2 Å². The van der Waals surface area contributed by atoms with Gasteiger partial charge >= 0.3 is 0 Å². The second kappa shape index (κ2) is 9.02. The van der Waals surface area contributed by atoms with Gasteiger partial charge in [0.25, 0.3) is 0 Å². The summed E-state index contributed by atoms with van der Waals surface area (Å²) in [5.41, 5.74) is 0.917. The molecule has 1 saturated heterocycles. The number of rotatable bonds is 6. The molecule has 1 aliphatic rings. The van der Waals surface area contributed by atoms with Crippen LogP contribution in [-0.4, -0.2) is 61.4 Å². The Hall–Kier alpha value is -1.24. The van der Waals surface area contributed by atoms with Crippen molar-refractivity contribution in [2.75, 3.05) is 46.4 Å². The van der Waals surface area contributed by atoms with Crippen LogP contribution in [0.2, 0.25) is 0 Å². The lowest BCUT2D eigenvalue weighted by atomic mass is 10.2. The summed E-state index contributed by atoms with van der Waals surface area (Å²) in [6.45, 7) is 6.22. The molecule has 0 unspecified atom stereocenters. The molecule has 1 aliphatic heterocycles. The lowest BCUT2D eigenvalue weighted by molar-refractivity contribution is 0.0376. The van der Waals surface area contributed by atoms with E-state index in [4.69, 9.17) is 17.0 Å². The predicted octanol–water partition coefficient (Wildman–Crippen LogP) is 1.85. The van der Waals surface area contributed by atoms with Crippen molar-refractivity contribution in [3.63, 3.8) is 0 Å². The number of halogens is 1. The first kappa shape index (κ1) is 17.1. The van der Waals surface area contributed by atoms with Gasteiger partial charge in [-0.25, -0.2) is 4.39 Å². The van der Waals surface area contributed by atoms with E-state index in [1.54, 1.807) is 6.07 Å². The van der Waals surface area contributed by atoms with Crippen molar-refractivity contribution in [2.45, 2.75) is 13.0 Å². The van der Waals surface area contributed by atoms with Gasteiger partial charge in [-0.3, -0.25) is 4.90 Å². The van der Waals surface area contributed by atoms with Gasteiger partial charge in [-0.1, -0.05) is 12.1 Å². The zero-order valence-electron chi connectivity index (χ0n) is 13.1. The van der Waals surface area contributed by atoms with Crippen LogP contribution < -0.4 is 5.32 Å². The normalized spacial score (nSPS) is 15.5. The number of ether oxygens (including phenoxy) is 1. The van der Waals surface area contributed by atoms with Gasteiger partial charge < -0.3 is 15.0 Å². The Kier molecular flexibility index (Phi) is 7.02. The van der Waals surface area contributed by atoms with Crippen LogP contribution >= 0.6 is 12.2 Å². The molecule has 6 heteroatoms. The van der Waals surface area contributed by atoms with E-state index in [9.17, 15) is 4.39 Å². The van der Waals surface area contributed by atoms with E-state index in [0.29, 0.717) is 11.7 Å². The van der Waals surface area contributed by atoms with Crippen molar-refractivity contribution in [3.05, 3.63) is 35.6 Å². The highest BCUT2D eigenvalue weighted by Gasteiger charge is 2.10. The quantitative estimate of drug-likeness (QED) is 0.637. The van der Waals surface area contributed by atoms with Crippen LogP contribution in [0.15, 0.2) is 24.3 Å². The van der Waals surface area contributed by atoms with Gasteiger partial charge in [-0.2, -0.15) is 0 Å². The largest absolute Gasteiger partial charge is 0.379 e. The summed E-state index contributed by atoms with van der Waals surface area (Å²) in [7, 11) is 1.92. The molecular formula is C16H24FN3OS. The average molecular weight is 325 g/mol. The summed E-state index contributed by atoms with van der Waals surface area (Å²) in [5, 5.41) is 3.96. The standard InChI is InChI=1S/C16H24FN3OS/c1-19(13-14-4-2-5-15(17)12-14)16(22)18-6-3-7-20-8-10-21-11-9-20/h2,4-5,12H,3,6-11,13H2,1H3,(H,18,22). The molecule has 1 aromatic rings. The highest BCUT2D eigenvalue weighted by atomic mass is 32.1. The molecule has 22 heavy (non-hydrogen) atoms. The molecule has 0 amide bonds. The van der Waals surface area contributed by atoms with Gasteiger partial charge in [0.15, 0.2) is 5.11 Å². The Balaban J connectivity index is 1.63. The van der Waals surface area contributed by atoms with E-state index < -0.39 is 0 Å². The Labute approximate surface area is 137 Å². The molecular weight excluding hydrogens is 301 g/mol. The smallest absolute Gasteiger partial charge is 0.168 e. The first-order valence-electron chi connectivity index (χ1n) is 7.68. The second-order valence-electron chi connectivity index (χ2n) is 5.53. The Morgan fingerprint density at radius 2 is 2.18 bits per heavy atom. The van der Waals surface area contributed by atoms with Gasteiger partial charge in [0.1, 0.15) is 5.82 Å². The van der Waals surface area contributed by atoms with E-state index in [-0.39, 0.29) is 5.82 Å². The van der Waals surface area contributed by atoms with Crippen molar-refractivity contribution in [2.24, 2.45) is 0 Å². The van der Waals surface area contributed by atoms with E-state index in [1.807, 2.05) is 18.0 Å². The topological polar surface area (TPSA) is 27.7 Å². The maximum absolute atomic E-state index is 13.2. The number of benzene rings is 1. The third kappa shape index (κ3) is 5.87. The van der Waals surface area contributed by atoms with Crippen molar-refractivity contribution in [3.8, 4) is 0 Å². The highest BCUT2D eigenvalue weighted by Crippen LogP contribution is 2.06. The van der Waals surface area contributed by atoms with Crippen LogP contribution in [0, 0.1) is 5.82 Å². The number of nitrogens with one attached hydrogen (secondary N) is 1. The van der Waals surface area contributed by atoms with Gasteiger partial charge in [-0.15, -0.1) is 0 Å². The van der Waals surface area contributed by atoms with Crippen molar-refractivity contribution in [1.29, 1.82) is 0 Å². The molecule has 122 valence electrons. The fourth-order valence-corrected chi connectivity index (χ4v) is 2.61. The average Bonchev–Trinajstić information content (AvgIpc) is 2.52. The van der Waals surface area contributed by atoms with Crippen LogP contribution in [0.25, 0.3) is 0 Å². The fraction of sp³-hybridized carbons (Fsp3) is 0.562. The minimum atomic E-state index is -0.213. The summed E-state index contributed by atoms with van der Waals surface area (Å²) in [6, 6.07) is 6.61. The molecule has 4 nitrogen and oxygen atoms in total. The minimum Gasteiger partial charge on any atom is -0.379 e. The van der Waals surface area contributed by atoms with Crippen molar-refractivity contribution >= 4 is 17.3 Å². The Bertz CT molecular complexity index is 480. The lowest BCUT2D eigenvalue weighted by Gasteiger charge is -2.27. The second-order valence-corrected chi connectivity index (χ2v) is 5.91. The summed E-state index contributed by atoms with van der Waals surface area (Å²) < 4.78 is 18.5. The molecule has 0 spiro atoms. The van der Waals surface area contributed by atoms with E-state index in [1.165, 1.54) is 12.1 Å². The fourth-order valence-electron chi connectivity index (χ4n) is 2.44. The third-order valence-corrected chi connectivity index (χ3v) is 4.14. The van der Waals surface area contributed by atoms with Crippen LogP contribution in [-0.2, 0) is 11.3 Å². The summed E-state index contributed by atoms with van der Waals surface area (Å²) in [4.78, 5) is 4.34. The maximum atomic E-state index is 13.2. The van der Waals surface area contributed by atoms with Crippen LogP contribution in [0.4, 0.5) is 4.39 Å².